The zero-order valence-electron chi connectivity index (χ0n) is 10.7. The summed E-state index contributed by atoms with van der Waals surface area (Å²) in [5.41, 5.74) is 8.38. The van der Waals surface area contributed by atoms with Gasteiger partial charge in [-0.05, 0) is 32.3 Å². The van der Waals surface area contributed by atoms with Gasteiger partial charge in [-0.15, -0.1) is 5.10 Å². The first-order valence-electron chi connectivity index (χ1n) is 6.07. The third-order valence-electron chi connectivity index (χ3n) is 3.38. The van der Waals surface area contributed by atoms with Gasteiger partial charge in [0.2, 0.25) is 0 Å². The summed E-state index contributed by atoms with van der Waals surface area (Å²) >= 11 is 5.12. The third kappa shape index (κ3) is 2.44. The van der Waals surface area contributed by atoms with Gasteiger partial charge in [-0.2, -0.15) is 5.10 Å². The predicted molar refractivity (Wildman–Crippen MR) is 74.8 cm³/mol. The third-order valence-corrected chi connectivity index (χ3v) is 3.58. The number of rotatable bonds is 2. The second kappa shape index (κ2) is 5.16. The quantitative estimate of drug-likeness (QED) is 0.767. The lowest BCUT2D eigenvalue weighted by atomic mass is 10.1. The topological polar surface area (TPSA) is 75.3 Å². The van der Waals surface area contributed by atoms with Gasteiger partial charge in [-0.1, -0.05) is 12.2 Å². The van der Waals surface area contributed by atoms with Crippen molar-refractivity contribution < 1.29 is 5.11 Å². The summed E-state index contributed by atoms with van der Waals surface area (Å²) in [5.74, 6) is 0.698. The molecule has 0 radical (unpaired) electrons. The molecule has 1 aromatic rings. The van der Waals surface area contributed by atoms with Gasteiger partial charge in [0.05, 0.1) is 17.4 Å². The minimum atomic E-state index is -0.318. The van der Waals surface area contributed by atoms with Crippen LogP contribution in [0.3, 0.4) is 0 Å². The second-order valence-corrected chi connectivity index (χ2v) is 5.16. The molecule has 0 amide bonds. The highest BCUT2D eigenvalue weighted by Crippen LogP contribution is 2.25. The van der Waals surface area contributed by atoms with E-state index in [4.69, 9.17) is 18.0 Å². The van der Waals surface area contributed by atoms with Crippen LogP contribution in [0.4, 0.5) is 5.82 Å². The Morgan fingerprint density at radius 3 is 2.78 bits per heavy atom. The summed E-state index contributed by atoms with van der Waals surface area (Å²) in [5, 5.41) is 18.1. The summed E-state index contributed by atoms with van der Waals surface area (Å²) in [4.78, 5) is 2.35. The number of thiocarbonyl (C=S) groups is 1. The Hall–Kier alpha value is -1.27. The maximum absolute atomic E-state index is 9.74. The first-order valence-corrected chi connectivity index (χ1v) is 6.48. The van der Waals surface area contributed by atoms with E-state index in [2.05, 4.69) is 10.2 Å². The number of aryl methyl sites for hydroxylation is 1. The van der Waals surface area contributed by atoms with Crippen LogP contribution in [-0.4, -0.2) is 39.5 Å². The van der Waals surface area contributed by atoms with E-state index < -0.39 is 0 Å². The van der Waals surface area contributed by atoms with Gasteiger partial charge < -0.3 is 15.7 Å². The second-order valence-electron chi connectivity index (χ2n) is 4.72. The fourth-order valence-electron chi connectivity index (χ4n) is 2.26. The number of anilines is 1. The molecule has 3 N–H and O–H groups in total. The molecule has 1 atom stereocenters. The predicted octanol–water partition coefficient (Wildman–Crippen LogP) is 0.689. The molecule has 1 unspecified atom stereocenters. The summed E-state index contributed by atoms with van der Waals surface area (Å²) < 4.78 is 0. The molecule has 2 heterocycles. The van der Waals surface area contributed by atoms with Crippen molar-refractivity contribution in [2.75, 3.05) is 18.0 Å². The zero-order chi connectivity index (χ0) is 13.3. The van der Waals surface area contributed by atoms with Crippen LogP contribution in [0.2, 0.25) is 0 Å². The van der Waals surface area contributed by atoms with Crippen LogP contribution in [0.5, 0.6) is 0 Å². The molecule has 1 aliphatic heterocycles. The number of nitrogens with zero attached hydrogens (tertiary/aromatic N) is 3. The molecule has 0 spiro atoms. The van der Waals surface area contributed by atoms with Gasteiger partial charge in [-0.3, -0.25) is 0 Å². The van der Waals surface area contributed by atoms with Crippen LogP contribution >= 0.6 is 12.2 Å². The van der Waals surface area contributed by atoms with E-state index in [9.17, 15) is 5.11 Å². The number of hydrogen-bond donors (Lipinski definition) is 2. The standard InChI is InChI=1S/C12H18N4OS/c1-7-8(2)14-15-12(10(7)11(13)18)16-5-3-4-9(17)6-16/h9,17H,3-6H2,1-2H3,(H2,13,18). The lowest BCUT2D eigenvalue weighted by Gasteiger charge is -2.32. The molecule has 5 nitrogen and oxygen atoms in total. The number of aliphatic hydroxyl groups excluding tert-OH is 1. The molecule has 98 valence electrons. The van der Waals surface area contributed by atoms with E-state index in [0.29, 0.717) is 17.4 Å². The minimum Gasteiger partial charge on any atom is -0.391 e. The van der Waals surface area contributed by atoms with Gasteiger partial charge in [0.15, 0.2) is 5.82 Å². The van der Waals surface area contributed by atoms with Crippen LogP contribution in [0.1, 0.15) is 29.7 Å². The largest absolute Gasteiger partial charge is 0.391 e. The Bertz CT molecular complexity index is 477. The average molecular weight is 266 g/mol. The highest BCUT2D eigenvalue weighted by Gasteiger charge is 2.24. The van der Waals surface area contributed by atoms with E-state index in [1.54, 1.807) is 0 Å². The van der Waals surface area contributed by atoms with Crippen molar-refractivity contribution in [3.05, 3.63) is 16.8 Å². The fraction of sp³-hybridized carbons (Fsp3) is 0.583. The number of aromatic nitrogens is 2. The molecule has 2 rings (SSSR count). The summed E-state index contributed by atoms with van der Waals surface area (Å²) in [6.45, 7) is 5.25. The number of hydrogen-bond acceptors (Lipinski definition) is 5. The number of nitrogens with two attached hydrogens (primary N) is 1. The maximum atomic E-state index is 9.74. The molecule has 6 heteroatoms. The SMILES string of the molecule is Cc1nnc(N2CCCC(O)C2)c(C(N)=S)c1C. The highest BCUT2D eigenvalue weighted by molar-refractivity contribution is 7.80. The average Bonchev–Trinajstić information content (AvgIpc) is 2.32. The van der Waals surface area contributed by atoms with Crippen LogP contribution in [0, 0.1) is 13.8 Å². The molecule has 0 bridgehead atoms. The lowest BCUT2D eigenvalue weighted by Crippen LogP contribution is -2.40. The van der Waals surface area contributed by atoms with E-state index in [1.165, 1.54) is 0 Å². The van der Waals surface area contributed by atoms with E-state index in [-0.39, 0.29) is 6.10 Å². The molecule has 0 aliphatic carbocycles. The smallest absolute Gasteiger partial charge is 0.161 e. The molecule has 0 aromatic carbocycles. The van der Waals surface area contributed by atoms with Crippen LogP contribution < -0.4 is 10.6 Å². The summed E-state index contributed by atoms with van der Waals surface area (Å²) in [6, 6.07) is 0. The number of β-amino-alcohol motifs (C(OH)–C–C–N with tert-alkyl or cyclic N) is 1. The minimum absolute atomic E-state index is 0.318. The molecule has 1 saturated heterocycles. The van der Waals surface area contributed by atoms with E-state index in [0.717, 1.165) is 36.2 Å². The Labute approximate surface area is 112 Å². The molecule has 18 heavy (non-hydrogen) atoms. The lowest BCUT2D eigenvalue weighted by molar-refractivity contribution is 0.153. The Balaban J connectivity index is 2.43. The van der Waals surface area contributed by atoms with Crippen LogP contribution in [0.15, 0.2) is 0 Å². The van der Waals surface area contributed by atoms with Crippen molar-refractivity contribution in [3.8, 4) is 0 Å². The van der Waals surface area contributed by atoms with Crippen LogP contribution in [-0.2, 0) is 0 Å². The van der Waals surface area contributed by atoms with Gasteiger partial charge >= 0.3 is 0 Å². The van der Waals surface area contributed by atoms with Crippen LogP contribution in [0.25, 0.3) is 0 Å². The van der Waals surface area contributed by atoms with Gasteiger partial charge in [0.25, 0.3) is 0 Å². The first kappa shape index (κ1) is 13.2. The highest BCUT2D eigenvalue weighted by atomic mass is 32.1. The molecule has 1 aromatic heterocycles. The molecular formula is C12H18N4OS. The first-order chi connectivity index (χ1) is 8.50. The Morgan fingerprint density at radius 2 is 2.17 bits per heavy atom. The normalized spacial score (nSPS) is 19.9. The van der Waals surface area contributed by atoms with Crippen molar-refractivity contribution in [3.63, 3.8) is 0 Å². The monoisotopic (exact) mass is 266 g/mol. The van der Waals surface area contributed by atoms with E-state index in [1.807, 2.05) is 18.7 Å². The molecule has 0 saturated carbocycles. The fourth-order valence-corrected chi connectivity index (χ4v) is 2.50. The zero-order valence-corrected chi connectivity index (χ0v) is 11.5. The Kier molecular flexibility index (Phi) is 3.77. The molecular weight excluding hydrogens is 248 g/mol. The molecule has 1 fully saturated rings. The summed E-state index contributed by atoms with van der Waals surface area (Å²) in [6.07, 6.45) is 1.45. The van der Waals surface area contributed by atoms with Crippen molar-refractivity contribution in [2.24, 2.45) is 5.73 Å². The Morgan fingerprint density at radius 1 is 1.44 bits per heavy atom. The number of piperidine rings is 1. The summed E-state index contributed by atoms with van der Waals surface area (Å²) in [7, 11) is 0. The molecule has 1 aliphatic rings. The van der Waals surface area contributed by atoms with Crippen molar-refractivity contribution in [1.29, 1.82) is 0 Å². The van der Waals surface area contributed by atoms with Crippen molar-refractivity contribution in [1.82, 2.24) is 10.2 Å². The van der Waals surface area contributed by atoms with Crippen molar-refractivity contribution >= 4 is 23.0 Å². The maximum Gasteiger partial charge on any atom is 0.161 e. The van der Waals surface area contributed by atoms with Gasteiger partial charge in [0.1, 0.15) is 4.99 Å². The van der Waals surface area contributed by atoms with Gasteiger partial charge in [-0.25, -0.2) is 0 Å². The van der Waals surface area contributed by atoms with E-state index >= 15 is 0 Å². The number of aliphatic hydroxyl groups is 1. The van der Waals surface area contributed by atoms with Crippen molar-refractivity contribution in [2.45, 2.75) is 32.8 Å². The van der Waals surface area contributed by atoms with Gasteiger partial charge in [0, 0.05) is 13.1 Å².